The summed E-state index contributed by atoms with van der Waals surface area (Å²) in [5.41, 5.74) is 2.18. The van der Waals surface area contributed by atoms with Crippen LogP contribution in [0.4, 0.5) is 0 Å². The molecule has 1 heterocycles. The van der Waals surface area contributed by atoms with Gasteiger partial charge in [0.15, 0.2) is 5.82 Å². The summed E-state index contributed by atoms with van der Waals surface area (Å²) in [6, 6.07) is 3.68. The molecule has 0 saturated carbocycles. The van der Waals surface area contributed by atoms with Crippen LogP contribution in [0.5, 0.6) is 0 Å². The Hall–Kier alpha value is -1.48. The molecule has 2 rings (SSSR count). The number of rotatable bonds is 6. The van der Waals surface area contributed by atoms with E-state index >= 15 is 0 Å². The number of benzene rings is 1. The first-order valence-electron chi connectivity index (χ1n) is 7.70. The molecular weight excluding hydrogens is 364 g/mol. The fourth-order valence-electron chi connectivity index (χ4n) is 2.25. The molecule has 0 bridgehead atoms. The topological polar surface area (TPSA) is 88.3 Å². The molecule has 0 spiro atoms. The highest BCUT2D eigenvalue weighted by Gasteiger charge is 2.23. The Kier molecular flexibility index (Phi) is 7.13. The van der Waals surface area contributed by atoms with E-state index < -0.39 is 10.0 Å². The maximum absolute atomic E-state index is 12.5. The molecule has 7 nitrogen and oxygen atoms in total. The zero-order chi connectivity index (χ0) is 18.1. The van der Waals surface area contributed by atoms with Gasteiger partial charge in [0.2, 0.25) is 10.0 Å². The van der Waals surface area contributed by atoms with Gasteiger partial charge in [-0.3, -0.25) is 0 Å². The number of hydrogen-bond donors (Lipinski definition) is 1. The van der Waals surface area contributed by atoms with Gasteiger partial charge in [-0.15, -0.1) is 12.4 Å². The van der Waals surface area contributed by atoms with Crippen molar-refractivity contribution in [2.75, 3.05) is 21.1 Å². The lowest BCUT2D eigenvalue weighted by atomic mass is 10.1. The Labute approximate surface area is 155 Å². The van der Waals surface area contributed by atoms with Crippen LogP contribution in [0.3, 0.4) is 0 Å². The van der Waals surface area contributed by atoms with Crippen molar-refractivity contribution < 1.29 is 12.9 Å². The lowest BCUT2D eigenvalue weighted by Gasteiger charge is -2.15. The predicted molar refractivity (Wildman–Crippen MR) is 99.6 cm³/mol. The molecule has 0 aliphatic heterocycles. The van der Waals surface area contributed by atoms with E-state index in [0.29, 0.717) is 23.7 Å². The SMILES string of the molecule is CNC(C)Cc1noc(-c2cc(C)c(C)c(S(=O)(=O)N(C)C)c2)n1.Cl. The number of halogens is 1. The largest absolute Gasteiger partial charge is 0.334 e. The molecule has 1 aromatic carbocycles. The number of nitrogens with zero attached hydrogens (tertiary/aromatic N) is 3. The van der Waals surface area contributed by atoms with Gasteiger partial charge < -0.3 is 9.84 Å². The van der Waals surface area contributed by atoms with E-state index in [0.717, 1.165) is 11.1 Å². The van der Waals surface area contributed by atoms with E-state index in [9.17, 15) is 8.42 Å². The Bertz CT molecular complexity index is 834. The second-order valence-electron chi connectivity index (χ2n) is 6.11. The summed E-state index contributed by atoms with van der Waals surface area (Å²) < 4.78 is 31.6. The quantitative estimate of drug-likeness (QED) is 0.815. The second-order valence-corrected chi connectivity index (χ2v) is 8.23. The van der Waals surface area contributed by atoms with Crippen LogP contribution in [0.2, 0.25) is 0 Å². The molecule has 0 aliphatic rings. The summed E-state index contributed by atoms with van der Waals surface area (Å²) in [7, 11) is 1.35. The van der Waals surface area contributed by atoms with Gasteiger partial charge in [0.1, 0.15) is 0 Å². The summed E-state index contributed by atoms with van der Waals surface area (Å²) in [6.45, 7) is 5.69. The van der Waals surface area contributed by atoms with Crippen molar-refractivity contribution in [2.24, 2.45) is 0 Å². The molecule has 0 fully saturated rings. The summed E-state index contributed by atoms with van der Waals surface area (Å²) in [6.07, 6.45) is 0.633. The Morgan fingerprint density at radius 2 is 1.92 bits per heavy atom. The maximum atomic E-state index is 12.5. The molecule has 1 aromatic heterocycles. The summed E-state index contributed by atoms with van der Waals surface area (Å²) in [5.74, 6) is 0.911. The predicted octanol–water partition coefficient (Wildman–Crippen LogP) is 2.18. The van der Waals surface area contributed by atoms with Crippen molar-refractivity contribution in [3.05, 3.63) is 29.1 Å². The lowest BCUT2D eigenvalue weighted by Crippen LogP contribution is -2.24. The maximum Gasteiger partial charge on any atom is 0.257 e. The van der Waals surface area contributed by atoms with Crippen molar-refractivity contribution in [2.45, 2.75) is 38.1 Å². The van der Waals surface area contributed by atoms with E-state index in [2.05, 4.69) is 15.5 Å². The minimum atomic E-state index is -3.54. The molecule has 0 aliphatic carbocycles. The molecule has 0 radical (unpaired) electrons. The highest BCUT2D eigenvalue weighted by Crippen LogP contribution is 2.28. The summed E-state index contributed by atoms with van der Waals surface area (Å²) in [4.78, 5) is 4.64. The number of aryl methyl sites for hydroxylation is 1. The third kappa shape index (κ3) is 4.58. The van der Waals surface area contributed by atoms with E-state index in [1.807, 2.05) is 27.0 Å². The molecule has 9 heteroatoms. The van der Waals surface area contributed by atoms with Crippen LogP contribution in [0.15, 0.2) is 21.6 Å². The van der Waals surface area contributed by atoms with Gasteiger partial charge in [-0.2, -0.15) is 4.98 Å². The Morgan fingerprint density at radius 3 is 2.48 bits per heavy atom. The van der Waals surface area contributed by atoms with Crippen LogP contribution in [0.25, 0.3) is 11.5 Å². The molecule has 1 N–H and O–H groups in total. The average molecular weight is 389 g/mol. The number of nitrogens with one attached hydrogen (secondary N) is 1. The molecule has 25 heavy (non-hydrogen) atoms. The van der Waals surface area contributed by atoms with Crippen LogP contribution in [0.1, 0.15) is 23.9 Å². The van der Waals surface area contributed by atoms with Crippen molar-refractivity contribution in [3.8, 4) is 11.5 Å². The Morgan fingerprint density at radius 1 is 1.28 bits per heavy atom. The fraction of sp³-hybridized carbons (Fsp3) is 0.500. The summed E-state index contributed by atoms with van der Waals surface area (Å²) in [5, 5.41) is 7.09. The molecule has 1 atom stereocenters. The minimum Gasteiger partial charge on any atom is -0.334 e. The van der Waals surface area contributed by atoms with Crippen LogP contribution >= 0.6 is 12.4 Å². The molecule has 0 saturated heterocycles. The van der Waals surface area contributed by atoms with E-state index in [1.165, 1.54) is 18.4 Å². The molecule has 2 aromatic rings. The monoisotopic (exact) mass is 388 g/mol. The van der Waals surface area contributed by atoms with Crippen molar-refractivity contribution in [1.82, 2.24) is 19.8 Å². The lowest BCUT2D eigenvalue weighted by molar-refractivity contribution is 0.418. The highest BCUT2D eigenvalue weighted by molar-refractivity contribution is 7.89. The van der Waals surface area contributed by atoms with Gasteiger partial charge in [0, 0.05) is 32.1 Å². The normalized spacial score (nSPS) is 12.9. The van der Waals surface area contributed by atoms with E-state index in [1.54, 1.807) is 13.0 Å². The van der Waals surface area contributed by atoms with Crippen LogP contribution in [-0.4, -0.2) is 50.0 Å². The van der Waals surface area contributed by atoms with Gasteiger partial charge in [-0.1, -0.05) is 5.16 Å². The van der Waals surface area contributed by atoms with Crippen LogP contribution in [-0.2, 0) is 16.4 Å². The van der Waals surface area contributed by atoms with Crippen molar-refractivity contribution >= 4 is 22.4 Å². The van der Waals surface area contributed by atoms with Gasteiger partial charge in [-0.25, -0.2) is 12.7 Å². The van der Waals surface area contributed by atoms with Gasteiger partial charge in [0.05, 0.1) is 4.90 Å². The van der Waals surface area contributed by atoms with Crippen molar-refractivity contribution in [1.29, 1.82) is 0 Å². The first-order chi connectivity index (χ1) is 11.2. The molecular formula is C16H25ClN4O3S. The first kappa shape index (κ1) is 21.6. The van der Waals surface area contributed by atoms with Crippen molar-refractivity contribution in [3.63, 3.8) is 0 Å². The highest BCUT2D eigenvalue weighted by atomic mass is 35.5. The zero-order valence-electron chi connectivity index (χ0n) is 15.3. The zero-order valence-corrected chi connectivity index (χ0v) is 17.0. The van der Waals surface area contributed by atoms with Crippen LogP contribution < -0.4 is 5.32 Å². The second kappa shape index (κ2) is 8.27. The first-order valence-corrected chi connectivity index (χ1v) is 9.14. The standard InChI is InChI=1S/C16H24N4O3S.ClH/c1-10-7-13(9-14(12(10)3)24(21,22)20(5)6)16-18-15(19-23-16)8-11(2)17-4;/h7,9,11,17H,8H2,1-6H3;1H. The van der Waals surface area contributed by atoms with Gasteiger partial charge in [-0.05, 0) is 51.1 Å². The van der Waals surface area contributed by atoms with Crippen LogP contribution in [0, 0.1) is 13.8 Å². The smallest absolute Gasteiger partial charge is 0.257 e. The number of likely N-dealkylation sites (N-methyl/N-ethyl adjacent to an activating group) is 1. The van der Waals surface area contributed by atoms with E-state index in [-0.39, 0.29) is 23.3 Å². The number of aromatic nitrogens is 2. The fourth-order valence-corrected chi connectivity index (χ4v) is 3.46. The van der Waals surface area contributed by atoms with Gasteiger partial charge in [0.25, 0.3) is 5.89 Å². The Balaban J connectivity index is 0.00000312. The number of hydrogen-bond acceptors (Lipinski definition) is 6. The van der Waals surface area contributed by atoms with Gasteiger partial charge >= 0.3 is 0 Å². The molecule has 1 unspecified atom stereocenters. The minimum absolute atomic E-state index is 0. The average Bonchev–Trinajstić information content (AvgIpc) is 2.97. The third-order valence-electron chi connectivity index (χ3n) is 4.07. The third-order valence-corrected chi connectivity index (χ3v) is 6.02. The number of sulfonamides is 1. The van der Waals surface area contributed by atoms with E-state index in [4.69, 9.17) is 4.52 Å². The summed E-state index contributed by atoms with van der Waals surface area (Å²) >= 11 is 0. The molecule has 0 amide bonds. The molecule has 140 valence electrons.